The zero-order chi connectivity index (χ0) is 20.1. The van der Waals surface area contributed by atoms with Gasteiger partial charge in [-0.25, -0.2) is 14.0 Å². The molecule has 1 aromatic rings. The number of carbonyl (C=O) groups is 4. The predicted octanol–water partition coefficient (Wildman–Crippen LogP) is 1.67. The second-order valence-corrected chi connectivity index (χ2v) is 6.71. The highest BCUT2D eigenvalue weighted by atomic mass is 19.1. The van der Waals surface area contributed by atoms with Gasteiger partial charge in [0.25, 0.3) is 11.8 Å². The van der Waals surface area contributed by atoms with Crippen LogP contribution in [0.3, 0.4) is 0 Å². The Labute approximate surface area is 160 Å². The Morgan fingerprint density at radius 1 is 1.21 bits per heavy atom. The van der Waals surface area contributed by atoms with Crippen LogP contribution in [0.5, 0.6) is 0 Å². The Kier molecular flexibility index (Phi) is 5.72. The van der Waals surface area contributed by atoms with Crippen LogP contribution in [-0.4, -0.2) is 41.0 Å². The molecule has 3 rings (SSSR count). The summed E-state index contributed by atoms with van der Waals surface area (Å²) in [6.07, 6.45) is 5.89. The van der Waals surface area contributed by atoms with Crippen LogP contribution in [0.2, 0.25) is 0 Å². The molecule has 1 aliphatic carbocycles. The predicted molar refractivity (Wildman–Crippen MR) is 95.7 cm³/mol. The fraction of sp³-hybridized carbons (Fsp3) is 0.368. The minimum Gasteiger partial charge on any atom is -0.452 e. The number of hydrazine groups is 1. The van der Waals surface area contributed by atoms with E-state index >= 15 is 0 Å². The van der Waals surface area contributed by atoms with E-state index in [-0.39, 0.29) is 5.56 Å². The van der Waals surface area contributed by atoms with Gasteiger partial charge in [-0.15, -0.1) is 0 Å². The maximum absolute atomic E-state index is 13.5. The fourth-order valence-electron chi connectivity index (χ4n) is 3.33. The van der Waals surface area contributed by atoms with Gasteiger partial charge >= 0.3 is 12.0 Å². The highest BCUT2D eigenvalue weighted by Crippen LogP contribution is 2.32. The van der Waals surface area contributed by atoms with E-state index in [4.69, 9.17) is 4.74 Å². The zero-order valence-corrected chi connectivity index (χ0v) is 15.1. The number of rotatable bonds is 5. The molecule has 9 heteroatoms. The fourth-order valence-corrected chi connectivity index (χ4v) is 3.33. The minimum absolute atomic E-state index is 0.195. The van der Waals surface area contributed by atoms with Gasteiger partial charge in [-0.1, -0.05) is 37.5 Å². The molecule has 148 valence electrons. The summed E-state index contributed by atoms with van der Waals surface area (Å²) < 4.78 is 18.2. The van der Waals surface area contributed by atoms with Crippen molar-refractivity contribution < 1.29 is 28.3 Å². The minimum atomic E-state index is -0.957. The Morgan fingerprint density at radius 3 is 2.64 bits per heavy atom. The SMILES string of the molecule is O=C(COC(=O)/C=C/c1ccccc1F)NN1C(=O)NC2(CCCCC2)C1=O. The number of nitrogens with one attached hydrogen (secondary N) is 2. The summed E-state index contributed by atoms with van der Waals surface area (Å²) in [6, 6.07) is 5.15. The Hall–Kier alpha value is -3.23. The van der Waals surface area contributed by atoms with E-state index in [1.807, 2.05) is 0 Å². The van der Waals surface area contributed by atoms with Crippen LogP contribution in [0.25, 0.3) is 6.08 Å². The lowest BCUT2D eigenvalue weighted by atomic mass is 9.82. The number of benzene rings is 1. The number of ether oxygens (including phenoxy) is 1. The van der Waals surface area contributed by atoms with Crippen LogP contribution in [-0.2, 0) is 19.1 Å². The first-order valence-electron chi connectivity index (χ1n) is 8.97. The number of carbonyl (C=O) groups excluding carboxylic acids is 4. The van der Waals surface area contributed by atoms with Crippen molar-refractivity contribution in [2.24, 2.45) is 0 Å². The lowest BCUT2D eigenvalue weighted by molar-refractivity contribution is -0.147. The smallest absolute Gasteiger partial charge is 0.344 e. The Bertz CT molecular complexity index is 833. The molecule has 0 unspecified atom stereocenters. The van der Waals surface area contributed by atoms with E-state index in [2.05, 4.69) is 10.7 Å². The first kappa shape index (κ1) is 19.5. The third-order valence-electron chi connectivity index (χ3n) is 4.76. The molecular formula is C19H20FN3O5. The molecule has 1 aliphatic heterocycles. The maximum Gasteiger partial charge on any atom is 0.344 e. The van der Waals surface area contributed by atoms with Gasteiger partial charge in [-0.3, -0.25) is 15.0 Å². The maximum atomic E-state index is 13.5. The number of nitrogens with zero attached hydrogens (tertiary/aromatic N) is 1. The number of halogens is 1. The van der Waals surface area contributed by atoms with Gasteiger partial charge in [0.15, 0.2) is 6.61 Å². The monoisotopic (exact) mass is 389 g/mol. The van der Waals surface area contributed by atoms with Crippen molar-refractivity contribution in [2.75, 3.05) is 6.61 Å². The van der Waals surface area contributed by atoms with Crippen LogP contribution < -0.4 is 10.7 Å². The summed E-state index contributed by atoms with van der Waals surface area (Å²) in [5.74, 6) is -2.70. The van der Waals surface area contributed by atoms with Gasteiger partial charge < -0.3 is 10.1 Å². The van der Waals surface area contributed by atoms with Gasteiger partial charge in [0.05, 0.1) is 0 Å². The van der Waals surface area contributed by atoms with Gasteiger partial charge in [0, 0.05) is 11.6 Å². The molecule has 4 amide bonds. The molecule has 0 bridgehead atoms. The van der Waals surface area contributed by atoms with E-state index < -0.39 is 41.8 Å². The van der Waals surface area contributed by atoms with Gasteiger partial charge in [0.1, 0.15) is 11.4 Å². The molecule has 2 N–H and O–H groups in total. The molecule has 1 saturated heterocycles. The molecular weight excluding hydrogens is 369 g/mol. The summed E-state index contributed by atoms with van der Waals surface area (Å²) in [4.78, 5) is 48.2. The number of amides is 4. The summed E-state index contributed by atoms with van der Waals surface area (Å²) in [5, 5.41) is 3.29. The number of urea groups is 1. The molecule has 0 aromatic heterocycles. The zero-order valence-electron chi connectivity index (χ0n) is 15.1. The van der Waals surface area contributed by atoms with Crippen molar-refractivity contribution in [3.05, 3.63) is 41.7 Å². The number of hydrogen-bond acceptors (Lipinski definition) is 5. The molecule has 1 aromatic carbocycles. The molecule has 2 fully saturated rings. The highest BCUT2D eigenvalue weighted by molar-refractivity contribution is 6.08. The summed E-state index contributed by atoms with van der Waals surface area (Å²) in [7, 11) is 0. The summed E-state index contributed by atoms with van der Waals surface area (Å²) in [5.41, 5.74) is 1.40. The first-order chi connectivity index (χ1) is 13.4. The van der Waals surface area contributed by atoms with Crippen LogP contribution in [0.4, 0.5) is 9.18 Å². The van der Waals surface area contributed by atoms with Crippen LogP contribution >= 0.6 is 0 Å². The van der Waals surface area contributed by atoms with Gasteiger partial charge in [-0.05, 0) is 25.0 Å². The lowest BCUT2D eigenvalue weighted by Gasteiger charge is -2.30. The Balaban J connectivity index is 1.50. The number of hydrogen-bond donors (Lipinski definition) is 2. The summed E-state index contributed by atoms with van der Waals surface area (Å²) >= 11 is 0. The van der Waals surface area contributed by atoms with Gasteiger partial charge in [0.2, 0.25) is 0 Å². The third-order valence-corrected chi connectivity index (χ3v) is 4.76. The average molecular weight is 389 g/mol. The van der Waals surface area contributed by atoms with Crippen LogP contribution in [0.15, 0.2) is 30.3 Å². The third kappa shape index (κ3) is 4.19. The van der Waals surface area contributed by atoms with E-state index in [0.717, 1.165) is 25.3 Å². The molecule has 1 spiro atoms. The topological polar surface area (TPSA) is 105 Å². The van der Waals surface area contributed by atoms with E-state index in [1.165, 1.54) is 24.3 Å². The molecule has 0 atom stereocenters. The lowest BCUT2D eigenvalue weighted by Crippen LogP contribution is -2.51. The molecule has 1 saturated carbocycles. The molecule has 1 heterocycles. The second kappa shape index (κ2) is 8.20. The van der Waals surface area contributed by atoms with Crippen LogP contribution in [0, 0.1) is 5.82 Å². The number of esters is 1. The van der Waals surface area contributed by atoms with E-state index in [9.17, 15) is 23.6 Å². The van der Waals surface area contributed by atoms with Crippen molar-refractivity contribution >= 4 is 29.9 Å². The Morgan fingerprint density at radius 2 is 1.93 bits per heavy atom. The molecule has 2 aliphatic rings. The van der Waals surface area contributed by atoms with Crippen LogP contribution in [0.1, 0.15) is 37.7 Å². The second-order valence-electron chi connectivity index (χ2n) is 6.71. The molecule has 0 radical (unpaired) electrons. The van der Waals surface area contributed by atoms with Crippen molar-refractivity contribution in [1.82, 2.24) is 15.8 Å². The van der Waals surface area contributed by atoms with Crippen molar-refractivity contribution in [3.8, 4) is 0 Å². The van der Waals surface area contributed by atoms with E-state index in [0.29, 0.717) is 17.9 Å². The number of imide groups is 1. The van der Waals surface area contributed by atoms with Crippen molar-refractivity contribution in [3.63, 3.8) is 0 Å². The molecule has 8 nitrogen and oxygen atoms in total. The molecule has 28 heavy (non-hydrogen) atoms. The largest absolute Gasteiger partial charge is 0.452 e. The highest BCUT2D eigenvalue weighted by Gasteiger charge is 2.52. The van der Waals surface area contributed by atoms with Crippen molar-refractivity contribution in [1.29, 1.82) is 0 Å². The quantitative estimate of drug-likeness (QED) is 0.453. The standard InChI is InChI=1S/C19H20FN3O5/c20-14-7-3-2-6-13(14)8-9-16(25)28-12-15(24)22-23-17(26)19(21-18(23)27)10-4-1-5-11-19/h2-3,6-9H,1,4-5,10-12H2,(H,21,27)(H,22,24)/b9-8+. The van der Waals surface area contributed by atoms with Gasteiger partial charge in [-0.2, -0.15) is 5.01 Å². The van der Waals surface area contributed by atoms with E-state index in [1.54, 1.807) is 6.07 Å². The average Bonchev–Trinajstić information content (AvgIpc) is 2.90. The normalized spacial score (nSPS) is 18.4. The first-order valence-corrected chi connectivity index (χ1v) is 8.97. The van der Waals surface area contributed by atoms with Crippen molar-refractivity contribution in [2.45, 2.75) is 37.6 Å². The summed E-state index contributed by atoms with van der Waals surface area (Å²) in [6.45, 7) is -0.690.